The Morgan fingerprint density at radius 1 is 1.18 bits per heavy atom. The van der Waals surface area contributed by atoms with Crippen molar-refractivity contribution in [3.63, 3.8) is 0 Å². The standard InChI is InChI=1S/C30H36N6O3S/c1-19(2)39-24-17-20(35(3)15-16-36-13-7-8-14-36)11-12-22(24)33-30-32-18-25-27(34-30)26(28(40-25)29(31)37)21-9-5-6-10-23(21)38-4/h5-6,9-12,17-19H,7-8,13-16H2,1-4H3,(H2,31,37)(H,32,33,34). The normalized spacial score (nSPS) is 13.6. The van der Waals surface area contributed by atoms with Crippen molar-refractivity contribution in [2.24, 2.45) is 5.73 Å². The molecule has 1 aliphatic rings. The van der Waals surface area contributed by atoms with Gasteiger partial charge in [0.15, 0.2) is 0 Å². The van der Waals surface area contributed by atoms with Crippen molar-refractivity contribution < 1.29 is 14.3 Å². The summed E-state index contributed by atoms with van der Waals surface area (Å²) in [7, 11) is 3.71. The molecule has 0 bridgehead atoms. The van der Waals surface area contributed by atoms with Crippen LogP contribution in [-0.4, -0.2) is 67.2 Å². The van der Waals surface area contributed by atoms with Gasteiger partial charge in [0, 0.05) is 43.0 Å². The topological polar surface area (TPSA) is 106 Å². The van der Waals surface area contributed by atoms with Crippen molar-refractivity contribution in [3.05, 3.63) is 53.5 Å². The van der Waals surface area contributed by atoms with Crippen LogP contribution in [0.3, 0.4) is 0 Å². The molecule has 210 valence electrons. The number of fused-ring (bicyclic) bond motifs is 1. The van der Waals surface area contributed by atoms with E-state index in [-0.39, 0.29) is 6.10 Å². The summed E-state index contributed by atoms with van der Waals surface area (Å²) in [5.41, 5.74) is 9.64. The maximum absolute atomic E-state index is 12.4. The van der Waals surface area contributed by atoms with E-state index in [1.54, 1.807) is 13.3 Å². The number of hydrogen-bond acceptors (Lipinski definition) is 9. The second-order valence-corrected chi connectivity index (χ2v) is 11.3. The number of rotatable bonds is 11. The number of likely N-dealkylation sites (tertiary alicyclic amines) is 1. The zero-order valence-corrected chi connectivity index (χ0v) is 24.3. The Morgan fingerprint density at radius 3 is 2.67 bits per heavy atom. The molecular weight excluding hydrogens is 524 g/mol. The average Bonchev–Trinajstić information content (AvgIpc) is 3.60. The van der Waals surface area contributed by atoms with Crippen LogP contribution in [-0.2, 0) is 0 Å². The lowest BCUT2D eigenvalue weighted by Crippen LogP contribution is -2.31. The third-order valence-corrected chi connectivity index (χ3v) is 8.12. The maximum Gasteiger partial charge on any atom is 0.259 e. The fourth-order valence-electron chi connectivity index (χ4n) is 4.98. The maximum atomic E-state index is 12.4. The highest BCUT2D eigenvalue weighted by molar-refractivity contribution is 7.21. The number of methoxy groups -OCH3 is 1. The summed E-state index contributed by atoms with van der Waals surface area (Å²) in [5, 5.41) is 3.34. The lowest BCUT2D eigenvalue weighted by atomic mass is 10.0. The monoisotopic (exact) mass is 560 g/mol. The summed E-state index contributed by atoms with van der Waals surface area (Å²) in [5.74, 6) is 1.23. The van der Waals surface area contributed by atoms with Crippen LogP contribution in [0.25, 0.3) is 21.3 Å². The van der Waals surface area contributed by atoms with Gasteiger partial charge in [0.2, 0.25) is 5.95 Å². The van der Waals surface area contributed by atoms with Crippen molar-refractivity contribution in [2.75, 3.05) is 50.6 Å². The Morgan fingerprint density at radius 2 is 1.95 bits per heavy atom. The minimum Gasteiger partial charge on any atom is -0.496 e. The number of nitrogens with two attached hydrogens (primary N) is 1. The van der Waals surface area contributed by atoms with E-state index in [2.05, 4.69) is 39.3 Å². The summed E-state index contributed by atoms with van der Waals surface area (Å²) in [6.07, 6.45) is 4.28. The summed E-state index contributed by atoms with van der Waals surface area (Å²) in [6, 6.07) is 13.7. The molecule has 5 rings (SSSR count). The Balaban J connectivity index is 1.47. The smallest absolute Gasteiger partial charge is 0.259 e. The number of aromatic nitrogens is 2. The molecular formula is C30H36N6O3S. The quantitative estimate of drug-likeness (QED) is 0.247. The minimum atomic E-state index is -0.518. The van der Waals surface area contributed by atoms with Gasteiger partial charge in [-0.2, -0.15) is 0 Å². The molecule has 0 unspecified atom stereocenters. The van der Waals surface area contributed by atoms with Gasteiger partial charge in [-0.05, 0) is 58.0 Å². The van der Waals surface area contributed by atoms with E-state index in [1.165, 1.54) is 37.3 Å². The number of benzene rings is 2. The Hall–Kier alpha value is -3.89. The van der Waals surface area contributed by atoms with E-state index in [0.717, 1.165) is 40.5 Å². The molecule has 0 radical (unpaired) electrons. The first-order valence-corrected chi connectivity index (χ1v) is 14.4. The predicted molar refractivity (Wildman–Crippen MR) is 162 cm³/mol. The summed E-state index contributed by atoms with van der Waals surface area (Å²) < 4.78 is 12.5. The first-order valence-electron chi connectivity index (χ1n) is 13.6. The lowest BCUT2D eigenvalue weighted by Gasteiger charge is -2.24. The van der Waals surface area contributed by atoms with Gasteiger partial charge in [-0.3, -0.25) is 4.79 Å². The zero-order chi connectivity index (χ0) is 28.2. The SMILES string of the molecule is COc1ccccc1-c1c(C(N)=O)sc2cnc(Nc3ccc(N(C)CCN4CCCC4)cc3OC(C)C)nc12. The van der Waals surface area contributed by atoms with Crippen LogP contribution in [0.2, 0.25) is 0 Å². The van der Waals surface area contributed by atoms with Gasteiger partial charge in [0.1, 0.15) is 16.4 Å². The molecule has 10 heteroatoms. The summed E-state index contributed by atoms with van der Waals surface area (Å²) in [4.78, 5) is 27.0. The molecule has 0 aliphatic carbocycles. The van der Waals surface area contributed by atoms with E-state index >= 15 is 0 Å². The number of nitrogens with zero attached hydrogens (tertiary/aromatic N) is 4. The van der Waals surface area contributed by atoms with Crippen LogP contribution < -0.4 is 25.4 Å². The second kappa shape index (κ2) is 12.1. The number of carbonyl (C=O) groups excluding carboxylic acids is 1. The lowest BCUT2D eigenvalue weighted by molar-refractivity contribution is 0.100. The van der Waals surface area contributed by atoms with E-state index in [1.807, 2.05) is 44.2 Å². The van der Waals surface area contributed by atoms with Crippen molar-refractivity contribution in [2.45, 2.75) is 32.8 Å². The van der Waals surface area contributed by atoms with Crippen molar-refractivity contribution in [3.8, 4) is 22.6 Å². The van der Waals surface area contributed by atoms with Gasteiger partial charge in [0.25, 0.3) is 5.91 Å². The highest BCUT2D eigenvalue weighted by Crippen LogP contribution is 2.42. The Kier molecular flexibility index (Phi) is 8.37. The van der Waals surface area contributed by atoms with Crippen molar-refractivity contribution in [1.82, 2.24) is 14.9 Å². The molecule has 2 aromatic heterocycles. The van der Waals surface area contributed by atoms with Gasteiger partial charge >= 0.3 is 0 Å². The number of primary amides is 1. The Bertz CT molecular complexity index is 1500. The number of hydrogen-bond donors (Lipinski definition) is 2. The molecule has 0 saturated carbocycles. The third kappa shape index (κ3) is 5.97. The molecule has 0 spiro atoms. The van der Waals surface area contributed by atoms with Gasteiger partial charge in [0.05, 0.1) is 35.3 Å². The number of carbonyl (C=O) groups is 1. The summed E-state index contributed by atoms with van der Waals surface area (Å²) >= 11 is 1.27. The fraction of sp³-hybridized carbons (Fsp3) is 0.367. The first kappa shape index (κ1) is 27.7. The molecule has 9 nitrogen and oxygen atoms in total. The largest absolute Gasteiger partial charge is 0.496 e. The van der Waals surface area contributed by atoms with E-state index in [9.17, 15) is 4.79 Å². The van der Waals surface area contributed by atoms with Crippen molar-refractivity contribution >= 4 is 44.8 Å². The molecule has 2 aromatic carbocycles. The van der Waals surface area contributed by atoms with Gasteiger partial charge in [-0.15, -0.1) is 11.3 Å². The molecule has 1 aliphatic heterocycles. The van der Waals surface area contributed by atoms with Gasteiger partial charge in [-0.1, -0.05) is 18.2 Å². The van der Waals surface area contributed by atoms with E-state index in [0.29, 0.717) is 27.7 Å². The molecule has 4 aromatic rings. The molecule has 40 heavy (non-hydrogen) atoms. The molecule has 1 amide bonds. The van der Waals surface area contributed by atoms with E-state index in [4.69, 9.17) is 20.2 Å². The number of thiophene rings is 1. The van der Waals surface area contributed by atoms with Crippen molar-refractivity contribution in [1.29, 1.82) is 0 Å². The minimum absolute atomic E-state index is 0.0127. The molecule has 3 heterocycles. The average molecular weight is 561 g/mol. The zero-order valence-electron chi connectivity index (χ0n) is 23.4. The highest BCUT2D eigenvalue weighted by atomic mass is 32.1. The van der Waals surface area contributed by atoms with Gasteiger partial charge < -0.3 is 30.3 Å². The van der Waals surface area contributed by atoms with Crippen LogP contribution >= 0.6 is 11.3 Å². The van der Waals surface area contributed by atoms with Crippen LogP contribution in [0.4, 0.5) is 17.3 Å². The van der Waals surface area contributed by atoms with Crippen LogP contribution in [0.5, 0.6) is 11.5 Å². The number of nitrogens with one attached hydrogen (secondary N) is 1. The first-order chi connectivity index (χ1) is 19.3. The van der Waals surface area contributed by atoms with Crippen LogP contribution in [0.15, 0.2) is 48.7 Å². The number of amides is 1. The van der Waals surface area contributed by atoms with E-state index < -0.39 is 5.91 Å². The third-order valence-electron chi connectivity index (χ3n) is 7.00. The molecule has 3 N–H and O–H groups in total. The number of anilines is 3. The number of ether oxygens (including phenoxy) is 2. The molecule has 1 saturated heterocycles. The number of likely N-dealkylation sites (N-methyl/N-ethyl adjacent to an activating group) is 1. The summed E-state index contributed by atoms with van der Waals surface area (Å²) in [6.45, 7) is 8.38. The molecule has 0 atom stereocenters. The number of para-hydroxylation sites is 1. The fourth-order valence-corrected chi connectivity index (χ4v) is 5.96. The Labute approximate surface area is 238 Å². The molecule has 1 fully saturated rings. The highest BCUT2D eigenvalue weighted by Gasteiger charge is 2.23. The van der Waals surface area contributed by atoms with Crippen LogP contribution in [0, 0.1) is 0 Å². The van der Waals surface area contributed by atoms with Crippen LogP contribution in [0.1, 0.15) is 36.4 Å². The predicted octanol–water partition coefficient (Wildman–Crippen LogP) is 5.53. The second-order valence-electron chi connectivity index (χ2n) is 10.2. The van der Waals surface area contributed by atoms with Gasteiger partial charge in [-0.25, -0.2) is 9.97 Å².